The number of benzene rings is 2. The number of hydrogen-bond donors (Lipinski definition) is 1. The predicted molar refractivity (Wildman–Crippen MR) is 109 cm³/mol. The second-order valence-electron chi connectivity index (χ2n) is 6.26. The van der Waals surface area contributed by atoms with Crippen LogP contribution in [0.15, 0.2) is 70.2 Å². The number of esters is 1. The highest BCUT2D eigenvalue weighted by atomic mass is 16.7. The average Bonchev–Trinajstić information content (AvgIpc) is 3.24. The normalized spacial score (nSPS) is 10.6. The van der Waals surface area contributed by atoms with Crippen LogP contribution in [0.3, 0.4) is 0 Å². The van der Waals surface area contributed by atoms with Crippen molar-refractivity contribution in [2.45, 2.75) is 6.92 Å². The van der Waals surface area contributed by atoms with Crippen molar-refractivity contribution in [2.24, 2.45) is 5.10 Å². The number of furan rings is 1. The summed E-state index contributed by atoms with van der Waals surface area (Å²) in [5.74, 6) is -1.44. The van der Waals surface area contributed by atoms with Crippen molar-refractivity contribution in [3.8, 4) is 11.5 Å². The van der Waals surface area contributed by atoms with Gasteiger partial charge in [0.25, 0.3) is 5.91 Å². The van der Waals surface area contributed by atoms with Crippen LogP contribution in [0.4, 0.5) is 5.88 Å². The van der Waals surface area contributed by atoms with Gasteiger partial charge in [0, 0.05) is 0 Å². The van der Waals surface area contributed by atoms with Gasteiger partial charge in [0.15, 0.2) is 6.61 Å². The number of nitrogens with one attached hydrogen (secondary N) is 1. The molecule has 0 unspecified atom stereocenters. The topological polar surface area (TPSA) is 133 Å². The molecule has 0 saturated heterocycles. The van der Waals surface area contributed by atoms with Crippen molar-refractivity contribution in [3.63, 3.8) is 0 Å². The summed E-state index contributed by atoms with van der Waals surface area (Å²) in [5, 5.41) is 14.5. The van der Waals surface area contributed by atoms with E-state index in [-0.39, 0.29) is 18.1 Å². The molecule has 0 atom stereocenters. The van der Waals surface area contributed by atoms with Crippen molar-refractivity contribution >= 4 is 24.0 Å². The molecule has 0 spiro atoms. The van der Waals surface area contributed by atoms with E-state index in [1.807, 2.05) is 25.1 Å². The molecule has 1 aromatic heterocycles. The summed E-state index contributed by atoms with van der Waals surface area (Å²) >= 11 is 0. The number of hydrazone groups is 1. The molecule has 3 rings (SSSR count). The largest absolute Gasteiger partial charge is 0.484 e. The van der Waals surface area contributed by atoms with Crippen LogP contribution >= 0.6 is 0 Å². The fourth-order valence-electron chi connectivity index (χ4n) is 2.42. The van der Waals surface area contributed by atoms with Gasteiger partial charge in [-0.1, -0.05) is 24.3 Å². The molecule has 2 aromatic carbocycles. The summed E-state index contributed by atoms with van der Waals surface area (Å²) in [4.78, 5) is 33.7. The van der Waals surface area contributed by atoms with Gasteiger partial charge in [0.05, 0.1) is 12.3 Å². The molecule has 3 aromatic rings. The first-order chi connectivity index (χ1) is 14.9. The Bertz CT molecular complexity index is 1140. The Balaban J connectivity index is 1.52. The molecule has 1 amide bonds. The molecule has 1 heterocycles. The van der Waals surface area contributed by atoms with E-state index < -0.39 is 22.7 Å². The number of nitrogens with zero attached hydrogens (tertiary/aromatic N) is 2. The number of ether oxygens (including phenoxy) is 2. The van der Waals surface area contributed by atoms with E-state index in [1.165, 1.54) is 18.3 Å². The van der Waals surface area contributed by atoms with E-state index in [1.54, 1.807) is 18.2 Å². The minimum absolute atomic E-state index is 0.169. The van der Waals surface area contributed by atoms with Crippen molar-refractivity contribution in [2.75, 3.05) is 6.61 Å². The van der Waals surface area contributed by atoms with Gasteiger partial charge < -0.3 is 13.9 Å². The number of rotatable bonds is 8. The summed E-state index contributed by atoms with van der Waals surface area (Å²) in [6.45, 7) is 1.72. The number of hydrogen-bond acceptors (Lipinski definition) is 8. The van der Waals surface area contributed by atoms with Crippen molar-refractivity contribution in [1.29, 1.82) is 0 Å². The first-order valence-corrected chi connectivity index (χ1v) is 8.98. The van der Waals surface area contributed by atoms with Crippen LogP contribution < -0.4 is 14.9 Å². The SMILES string of the molecule is Cc1cccc(OCC(=O)NN=Cc2cccc(OC(=O)c3ccc([N+](=O)[O-])o3)c2)c1. The summed E-state index contributed by atoms with van der Waals surface area (Å²) in [6, 6.07) is 15.8. The standard InChI is InChI=1S/C21H17N3O7/c1-14-4-2-6-16(10-14)29-13-19(25)23-22-12-15-5-3-7-17(11-15)30-21(26)18-8-9-20(31-18)24(27)28/h2-12H,13H2,1H3,(H,23,25). The predicted octanol–water partition coefficient (Wildman–Crippen LogP) is 3.24. The lowest BCUT2D eigenvalue weighted by atomic mass is 10.2. The van der Waals surface area contributed by atoms with Gasteiger partial charge in [0.1, 0.15) is 16.4 Å². The number of nitro groups is 1. The summed E-state index contributed by atoms with van der Waals surface area (Å²) in [6.07, 6.45) is 1.36. The van der Waals surface area contributed by atoms with Crippen LogP contribution in [-0.4, -0.2) is 29.6 Å². The number of carbonyl (C=O) groups is 2. The minimum atomic E-state index is -0.885. The average molecular weight is 423 g/mol. The Hall–Kier alpha value is -4.47. The Kier molecular flexibility index (Phi) is 6.74. The molecule has 0 aliphatic carbocycles. The van der Waals surface area contributed by atoms with E-state index in [0.29, 0.717) is 11.3 Å². The van der Waals surface area contributed by atoms with Crippen molar-refractivity contribution in [3.05, 3.63) is 87.7 Å². The van der Waals surface area contributed by atoms with Gasteiger partial charge in [-0.3, -0.25) is 14.9 Å². The fraction of sp³-hybridized carbons (Fsp3) is 0.0952. The summed E-state index contributed by atoms with van der Waals surface area (Å²) in [7, 11) is 0. The van der Waals surface area contributed by atoms with E-state index in [2.05, 4.69) is 10.5 Å². The quantitative estimate of drug-likeness (QED) is 0.193. The van der Waals surface area contributed by atoms with Crippen molar-refractivity contribution < 1.29 is 28.4 Å². The number of carbonyl (C=O) groups excluding carboxylic acids is 2. The van der Waals surface area contributed by atoms with Gasteiger partial charge in [-0.05, 0) is 48.4 Å². The molecule has 0 saturated carbocycles. The highest BCUT2D eigenvalue weighted by Crippen LogP contribution is 2.19. The van der Waals surface area contributed by atoms with Crippen LogP contribution in [0.2, 0.25) is 0 Å². The maximum atomic E-state index is 12.0. The van der Waals surface area contributed by atoms with Crippen LogP contribution in [0.25, 0.3) is 0 Å². The smallest absolute Gasteiger partial charge is 0.433 e. The highest BCUT2D eigenvalue weighted by molar-refractivity contribution is 5.89. The third kappa shape index (κ3) is 6.26. The fourth-order valence-corrected chi connectivity index (χ4v) is 2.42. The monoisotopic (exact) mass is 423 g/mol. The second kappa shape index (κ2) is 9.83. The van der Waals surface area contributed by atoms with Crippen molar-refractivity contribution in [1.82, 2.24) is 5.43 Å². The lowest BCUT2D eigenvalue weighted by Gasteiger charge is -2.05. The minimum Gasteiger partial charge on any atom is -0.484 e. The Morgan fingerprint density at radius 2 is 1.90 bits per heavy atom. The summed E-state index contributed by atoms with van der Waals surface area (Å²) < 4.78 is 15.3. The van der Waals surface area contributed by atoms with Crippen LogP contribution in [-0.2, 0) is 4.79 Å². The van der Waals surface area contributed by atoms with Gasteiger partial charge in [-0.2, -0.15) is 5.10 Å². The van der Waals surface area contributed by atoms with Gasteiger partial charge in [-0.15, -0.1) is 0 Å². The molecule has 158 valence electrons. The molecule has 0 bridgehead atoms. The maximum absolute atomic E-state index is 12.0. The highest BCUT2D eigenvalue weighted by Gasteiger charge is 2.19. The molecule has 10 nitrogen and oxygen atoms in total. The third-order valence-electron chi connectivity index (χ3n) is 3.80. The lowest BCUT2D eigenvalue weighted by molar-refractivity contribution is -0.402. The molecule has 31 heavy (non-hydrogen) atoms. The Morgan fingerprint density at radius 1 is 1.13 bits per heavy atom. The Labute approximate surface area is 176 Å². The Morgan fingerprint density at radius 3 is 2.65 bits per heavy atom. The molecule has 0 radical (unpaired) electrons. The maximum Gasteiger partial charge on any atom is 0.433 e. The third-order valence-corrected chi connectivity index (χ3v) is 3.80. The molecular formula is C21H17N3O7. The zero-order valence-electron chi connectivity index (χ0n) is 16.3. The van der Waals surface area contributed by atoms with Crippen LogP contribution in [0.5, 0.6) is 11.5 Å². The number of aryl methyl sites for hydroxylation is 1. The molecule has 0 fully saturated rings. The van der Waals surface area contributed by atoms with Gasteiger partial charge in [-0.25, -0.2) is 10.2 Å². The molecule has 0 aliphatic heterocycles. The first-order valence-electron chi connectivity index (χ1n) is 8.98. The van der Waals surface area contributed by atoms with Crippen LogP contribution in [0, 0.1) is 17.0 Å². The second-order valence-corrected chi connectivity index (χ2v) is 6.26. The lowest BCUT2D eigenvalue weighted by Crippen LogP contribution is -2.24. The van der Waals surface area contributed by atoms with E-state index in [4.69, 9.17) is 13.9 Å². The van der Waals surface area contributed by atoms with Crippen LogP contribution in [0.1, 0.15) is 21.7 Å². The number of amides is 1. The molecule has 0 aliphatic rings. The first kappa shape index (κ1) is 21.2. The zero-order valence-corrected chi connectivity index (χ0v) is 16.3. The van der Waals surface area contributed by atoms with E-state index in [9.17, 15) is 19.7 Å². The molecule has 1 N–H and O–H groups in total. The zero-order chi connectivity index (χ0) is 22.2. The van der Waals surface area contributed by atoms with Gasteiger partial charge >= 0.3 is 11.9 Å². The molecular weight excluding hydrogens is 406 g/mol. The van der Waals surface area contributed by atoms with E-state index >= 15 is 0 Å². The van der Waals surface area contributed by atoms with Gasteiger partial charge in [0.2, 0.25) is 5.76 Å². The summed E-state index contributed by atoms with van der Waals surface area (Å²) in [5.41, 5.74) is 3.89. The molecule has 10 heteroatoms. The van der Waals surface area contributed by atoms with E-state index in [0.717, 1.165) is 17.7 Å².